The molecule has 1 N–H and O–H groups in total. The number of furan rings is 1. The molecule has 1 aliphatic rings. The molecule has 0 aromatic carbocycles. The van der Waals surface area contributed by atoms with Gasteiger partial charge in [-0.25, -0.2) is 0 Å². The fourth-order valence-electron chi connectivity index (χ4n) is 2.59. The molecule has 20 heavy (non-hydrogen) atoms. The molecule has 0 spiro atoms. The summed E-state index contributed by atoms with van der Waals surface area (Å²) in [5.74, 6) is 0.978. The fourth-order valence-corrected chi connectivity index (χ4v) is 2.91. The van der Waals surface area contributed by atoms with Gasteiger partial charge >= 0.3 is 0 Å². The van der Waals surface area contributed by atoms with Crippen LogP contribution in [0.4, 0.5) is 0 Å². The molecule has 2 rings (SSSR count). The van der Waals surface area contributed by atoms with E-state index in [2.05, 4.69) is 58.9 Å². The molecule has 0 aliphatic carbocycles. The lowest BCUT2D eigenvalue weighted by atomic mass is 10.0. The zero-order chi connectivity index (χ0) is 14.8. The number of rotatable bonds is 5. The second-order valence-electron chi connectivity index (χ2n) is 6.35. The summed E-state index contributed by atoms with van der Waals surface area (Å²) < 4.78 is 6.40. The zero-order valence-corrected chi connectivity index (χ0v) is 14.5. The van der Waals surface area contributed by atoms with Gasteiger partial charge in [-0.15, -0.1) is 0 Å². The number of halogens is 1. The molecule has 5 heteroatoms. The number of hydrogen-bond acceptors (Lipinski definition) is 4. The second kappa shape index (κ2) is 6.60. The third-order valence-electron chi connectivity index (χ3n) is 4.22. The minimum atomic E-state index is 0.166. The van der Waals surface area contributed by atoms with Gasteiger partial charge in [0.25, 0.3) is 0 Å². The predicted molar refractivity (Wildman–Crippen MR) is 86.0 cm³/mol. The van der Waals surface area contributed by atoms with E-state index in [1.165, 1.54) is 0 Å². The van der Waals surface area contributed by atoms with Crippen molar-refractivity contribution < 1.29 is 4.42 Å². The minimum absolute atomic E-state index is 0.166. The van der Waals surface area contributed by atoms with E-state index in [9.17, 15) is 0 Å². The quantitative estimate of drug-likeness (QED) is 0.890. The van der Waals surface area contributed by atoms with Gasteiger partial charge in [0.1, 0.15) is 5.76 Å². The molecular formula is C15H26BrN3O. The van der Waals surface area contributed by atoms with Crippen LogP contribution >= 0.6 is 15.9 Å². The minimum Gasteiger partial charge on any atom is -0.453 e. The summed E-state index contributed by atoms with van der Waals surface area (Å²) in [6.45, 7) is 12.3. The molecule has 1 aromatic rings. The highest BCUT2D eigenvalue weighted by molar-refractivity contribution is 9.10. The van der Waals surface area contributed by atoms with Crippen LogP contribution in [0.2, 0.25) is 0 Å². The lowest BCUT2D eigenvalue weighted by Crippen LogP contribution is -2.57. The van der Waals surface area contributed by atoms with Crippen LogP contribution in [0, 0.1) is 0 Å². The van der Waals surface area contributed by atoms with Gasteiger partial charge in [-0.05, 0) is 55.9 Å². The van der Waals surface area contributed by atoms with E-state index >= 15 is 0 Å². The van der Waals surface area contributed by atoms with E-state index < -0.39 is 0 Å². The topological polar surface area (TPSA) is 31.6 Å². The second-order valence-corrected chi connectivity index (χ2v) is 7.13. The standard InChI is InChI=1S/C15H26BrN3O/c1-12(13-5-6-14(16)20-13)17-11-15(2,3)19-9-7-18(4)8-10-19/h5-6,12,17H,7-11H2,1-4H3. The Morgan fingerprint density at radius 1 is 1.30 bits per heavy atom. The molecular weight excluding hydrogens is 318 g/mol. The van der Waals surface area contributed by atoms with Crippen molar-refractivity contribution in [2.75, 3.05) is 39.8 Å². The average molecular weight is 344 g/mol. The van der Waals surface area contributed by atoms with Crippen molar-refractivity contribution >= 4 is 15.9 Å². The zero-order valence-electron chi connectivity index (χ0n) is 12.9. The highest BCUT2D eigenvalue weighted by Gasteiger charge is 2.29. The van der Waals surface area contributed by atoms with Crippen LogP contribution in [0.3, 0.4) is 0 Å². The van der Waals surface area contributed by atoms with Crippen molar-refractivity contribution in [1.82, 2.24) is 15.1 Å². The molecule has 0 radical (unpaired) electrons. The Morgan fingerprint density at radius 2 is 1.95 bits per heavy atom. The van der Waals surface area contributed by atoms with E-state index in [0.717, 1.165) is 43.2 Å². The maximum Gasteiger partial charge on any atom is 0.169 e. The van der Waals surface area contributed by atoms with E-state index in [0.29, 0.717) is 0 Å². The van der Waals surface area contributed by atoms with Crippen molar-refractivity contribution in [3.05, 3.63) is 22.6 Å². The van der Waals surface area contributed by atoms with Crippen LogP contribution in [0.5, 0.6) is 0 Å². The van der Waals surface area contributed by atoms with Crippen LogP contribution < -0.4 is 5.32 Å². The van der Waals surface area contributed by atoms with Crippen LogP contribution in [-0.2, 0) is 0 Å². The monoisotopic (exact) mass is 343 g/mol. The molecule has 1 fully saturated rings. The van der Waals surface area contributed by atoms with Gasteiger partial charge in [-0.1, -0.05) is 0 Å². The number of nitrogens with one attached hydrogen (secondary N) is 1. The molecule has 0 amide bonds. The number of nitrogens with zero attached hydrogens (tertiary/aromatic N) is 2. The molecule has 1 aliphatic heterocycles. The molecule has 4 nitrogen and oxygen atoms in total. The predicted octanol–water partition coefficient (Wildman–Crippen LogP) is 2.72. The van der Waals surface area contributed by atoms with Crippen molar-refractivity contribution in [2.24, 2.45) is 0 Å². The van der Waals surface area contributed by atoms with E-state index in [4.69, 9.17) is 4.42 Å². The highest BCUT2D eigenvalue weighted by Crippen LogP contribution is 2.22. The van der Waals surface area contributed by atoms with Crippen LogP contribution in [0.25, 0.3) is 0 Å². The van der Waals surface area contributed by atoms with Gasteiger partial charge in [0.05, 0.1) is 6.04 Å². The maximum atomic E-state index is 5.60. The summed E-state index contributed by atoms with van der Waals surface area (Å²) >= 11 is 3.35. The Kier molecular flexibility index (Phi) is 5.29. The van der Waals surface area contributed by atoms with Crippen molar-refractivity contribution in [1.29, 1.82) is 0 Å². The van der Waals surface area contributed by atoms with Gasteiger partial charge in [0.2, 0.25) is 0 Å². The number of likely N-dealkylation sites (N-methyl/N-ethyl adjacent to an activating group) is 1. The van der Waals surface area contributed by atoms with Crippen LogP contribution in [0.15, 0.2) is 21.2 Å². The number of piperazine rings is 1. The largest absolute Gasteiger partial charge is 0.453 e. The third kappa shape index (κ3) is 4.07. The fraction of sp³-hybridized carbons (Fsp3) is 0.733. The van der Waals surface area contributed by atoms with Gasteiger partial charge < -0.3 is 14.6 Å². The van der Waals surface area contributed by atoms with E-state index in [1.807, 2.05) is 12.1 Å². The molecule has 1 atom stereocenters. The molecule has 0 saturated carbocycles. The van der Waals surface area contributed by atoms with Gasteiger partial charge in [0, 0.05) is 38.3 Å². The highest BCUT2D eigenvalue weighted by atomic mass is 79.9. The van der Waals surface area contributed by atoms with Gasteiger partial charge in [-0.2, -0.15) is 0 Å². The van der Waals surface area contributed by atoms with Crippen molar-refractivity contribution in [2.45, 2.75) is 32.4 Å². The van der Waals surface area contributed by atoms with E-state index in [1.54, 1.807) is 0 Å². The Balaban J connectivity index is 1.85. The molecule has 0 bridgehead atoms. The first-order chi connectivity index (χ1) is 9.38. The van der Waals surface area contributed by atoms with E-state index in [-0.39, 0.29) is 11.6 Å². The van der Waals surface area contributed by atoms with Crippen molar-refractivity contribution in [3.63, 3.8) is 0 Å². The lowest BCUT2D eigenvalue weighted by molar-refractivity contribution is 0.0600. The Morgan fingerprint density at radius 3 is 2.50 bits per heavy atom. The molecule has 1 aromatic heterocycles. The van der Waals surface area contributed by atoms with Crippen LogP contribution in [0.1, 0.15) is 32.6 Å². The molecule has 1 unspecified atom stereocenters. The Hall–Kier alpha value is -0.360. The van der Waals surface area contributed by atoms with Crippen molar-refractivity contribution in [3.8, 4) is 0 Å². The summed E-state index contributed by atoms with van der Waals surface area (Å²) in [4.78, 5) is 4.97. The summed E-state index contributed by atoms with van der Waals surface area (Å²) in [6.07, 6.45) is 0. The summed E-state index contributed by atoms with van der Waals surface area (Å²) in [5, 5.41) is 3.59. The first-order valence-electron chi connectivity index (χ1n) is 7.31. The molecule has 2 heterocycles. The van der Waals surface area contributed by atoms with Gasteiger partial charge in [-0.3, -0.25) is 4.90 Å². The Labute approximate surface area is 130 Å². The first kappa shape index (κ1) is 16.0. The van der Waals surface area contributed by atoms with Gasteiger partial charge in [0.15, 0.2) is 4.67 Å². The summed E-state index contributed by atoms with van der Waals surface area (Å²) in [5.41, 5.74) is 0.166. The summed E-state index contributed by atoms with van der Waals surface area (Å²) in [7, 11) is 2.19. The van der Waals surface area contributed by atoms with Crippen LogP contribution in [-0.4, -0.2) is 55.1 Å². The molecule has 114 valence electrons. The normalized spacial score (nSPS) is 20.2. The molecule has 1 saturated heterocycles. The summed E-state index contributed by atoms with van der Waals surface area (Å²) in [6, 6.07) is 4.19. The average Bonchev–Trinajstić information content (AvgIpc) is 2.83. The maximum absolute atomic E-state index is 5.60. The third-order valence-corrected chi connectivity index (χ3v) is 4.65. The Bertz CT molecular complexity index is 425. The lowest BCUT2D eigenvalue weighted by Gasteiger charge is -2.43. The first-order valence-corrected chi connectivity index (χ1v) is 8.10. The number of hydrogen-bond donors (Lipinski definition) is 1. The smallest absolute Gasteiger partial charge is 0.169 e. The SMILES string of the molecule is CC(NCC(C)(C)N1CCN(C)CC1)c1ccc(Br)o1.